The van der Waals surface area contributed by atoms with Crippen LogP contribution in [0.4, 0.5) is 0 Å². The number of halogens is 1. The Morgan fingerprint density at radius 2 is 2.03 bits per heavy atom. The molecule has 0 aliphatic rings. The van der Waals surface area contributed by atoms with Crippen molar-refractivity contribution in [3.63, 3.8) is 0 Å². The molecular formula is C21H17ClN4O2S. The van der Waals surface area contributed by atoms with Crippen molar-refractivity contribution in [3.8, 4) is 17.3 Å². The predicted octanol–water partition coefficient (Wildman–Crippen LogP) is 5.76. The average molecular weight is 425 g/mol. The van der Waals surface area contributed by atoms with E-state index < -0.39 is 0 Å². The Bertz CT molecular complexity index is 1370. The summed E-state index contributed by atoms with van der Waals surface area (Å²) in [5, 5.41) is 6.14. The normalized spacial score (nSPS) is 11.6. The van der Waals surface area contributed by atoms with Crippen molar-refractivity contribution < 1.29 is 9.15 Å². The molecule has 4 aromatic heterocycles. The summed E-state index contributed by atoms with van der Waals surface area (Å²) in [7, 11) is 0. The van der Waals surface area contributed by atoms with Crippen LogP contribution in [0.3, 0.4) is 0 Å². The number of thiophene rings is 1. The maximum absolute atomic E-state index is 6.19. The van der Waals surface area contributed by atoms with E-state index in [4.69, 9.17) is 25.7 Å². The molecule has 0 fully saturated rings. The van der Waals surface area contributed by atoms with Gasteiger partial charge in [-0.25, -0.2) is 14.5 Å². The summed E-state index contributed by atoms with van der Waals surface area (Å²) in [6.45, 7) is 6.44. The van der Waals surface area contributed by atoms with E-state index in [2.05, 4.69) is 23.9 Å². The molecular weight excluding hydrogens is 408 g/mol. The molecule has 0 spiro atoms. The van der Waals surface area contributed by atoms with Crippen molar-refractivity contribution in [2.75, 3.05) is 0 Å². The van der Waals surface area contributed by atoms with Crippen molar-refractivity contribution >= 4 is 38.8 Å². The van der Waals surface area contributed by atoms with Crippen LogP contribution in [0.25, 0.3) is 27.4 Å². The number of furan rings is 1. The van der Waals surface area contributed by atoms with Crippen molar-refractivity contribution in [1.29, 1.82) is 0 Å². The Kier molecular flexibility index (Phi) is 4.29. The zero-order valence-electron chi connectivity index (χ0n) is 16.1. The highest BCUT2D eigenvalue weighted by atomic mass is 35.5. The molecule has 0 amide bonds. The Labute approximate surface area is 175 Å². The van der Waals surface area contributed by atoms with Gasteiger partial charge in [-0.1, -0.05) is 17.7 Å². The van der Waals surface area contributed by atoms with E-state index in [1.807, 2.05) is 37.3 Å². The summed E-state index contributed by atoms with van der Waals surface area (Å²) in [4.78, 5) is 11.4. The van der Waals surface area contributed by atoms with E-state index in [0.717, 1.165) is 21.4 Å². The molecule has 0 aliphatic heterocycles. The van der Waals surface area contributed by atoms with E-state index in [1.165, 1.54) is 10.4 Å². The quantitative estimate of drug-likeness (QED) is 0.367. The molecule has 0 N–H and O–H groups in total. The van der Waals surface area contributed by atoms with E-state index in [-0.39, 0.29) is 6.61 Å². The monoisotopic (exact) mass is 424 g/mol. The minimum absolute atomic E-state index is 0.269. The Hall–Kier alpha value is -2.90. The molecule has 8 heteroatoms. The van der Waals surface area contributed by atoms with Crippen LogP contribution in [0.15, 0.2) is 41.1 Å². The van der Waals surface area contributed by atoms with Crippen molar-refractivity contribution in [3.05, 3.63) is 63.4 Å². The third-order valence-corrected chi connectivity index (χ3v) is 6.27. The van der Waals surface area contributed by atoms with E-state index in [0.29, 0.717) is 28.1 Å². The van der Waals surface area contributed by atoms with Crippen LogP contribution in [0.1, 0.15) is 21.8 Å². The van der Waals surface area contributed by atoms with Crippen LogP contribution in [-0.4, -0.2) is 19.6 Å². The lowest BCUT2D eigenvalue weighted by Gasteiger charge is -2.07. The van der Waals surface area contributed by atoms with Crippen LogP contribution in [0, 0.1) is 20.8 Å². The first-order valence-corrected chi connectivity index (χ1v) is 10.3. The molecule has 146 valence electrons. The second kappa shape index (κ2) is 6.86. The highest BCUT2D eigenvalue weighted by Gasteiger charge is 2.17. The molecule has 6 nitrogen and oxygen atoms in total. The molecule has 0 saturated carbocycles. The number of ether oxygens (including phenoxy) is 1. The maximum atomic E-state index is 6.19. The van der Waals surface area contributed by atoms with Gasteiger partial charge in [0, 0.05) is 4.88 Å². The van der Waals surface area contributed by atoms with Crippen LogP contribution >= 0.6 is 22.9 Å². The fourth-order valence-electron chi connectivity index (χ4n) is 3.19. The second-order valence-electron chi connectivity index (χ2n) is 6.90. The summed E-state index contributed by atoms with van der Waals surface area (Å²) in [6, 6.07) is 9.38. The number of rotatable bonds is 4. The van der Waals surface area contributed by atoms with Crippen LogP contribution in [0.2, 0.25) is 5.02 Å². The number of fused-ring (bicyclic) bond motifs is 3. The van der Waals surface area contributed by atoms with Crippen LogP contribution in [0.5, 0.6) is 5.75 Å². The molecule has 0 unspecified atom stereocenters. The first-order chi connectivity index (χ1) is 14.0. The largest absolute Gasteiger partial charge is 0.484 e. The first kappa shape index (κ1) is 18.1. The van der Waals surface area contributed by atoms with E-state index in [9.17, 15) is 0 Å². The number of benzene rings is 1. The van der Waals surface area contributed by atoms with Crippen LogP contribution in [-0.2, 0) is 6.61 Å². The molecule has 0 atom stereocenters. The average Bonchev–Trinajstić information content (AvgIpc) is 3.40. The number of hydrogen-bond acceptors (Lipinski definition) is 6. The molecule has 29 heavy (non-hydrogen) atoms. The van der Waals surface area contributed by atoms with E-state index >= 15 is 0 Å². The summed E-state index contributed by atoms with van der Waals surface area (Å²) in [5.74, 6) is 2.40. The van der Waals surface area contributed by atoms with Gasteiger partial charge in [-0.05, 0) is 56.2 Å². The molecule has 0 aliphatic carbocycles. The maximum Gasteiger partial charge on any atom is 0.217 e. The lowest BCUT2D eigenvalue weighted by Crippen LogP contribution is -1.94. The van der Waals surface area contributed by atoms with Gasteiger partial charge in [0.15, 0.2) is 11.4 Å². The van der Waals surface area contributed by atoms with Gasteiger partial charge < -0.3 is 9.15 Å². The minimum Gasteiger partial charge on any atom is -0.484 e. The fraction of sp³-hybridized carbons (Fsp3) is 0.190. The number of aryl methyl sites for hydroxylation is 3. The zero-order chi connectivity index (χ0) is 20.1. The van der Waals surface area contributed by atoms with Gasteiger partial charge in [-0.2, -0.15) is 0 Å². The smallest absolute Gasteiger partial charge is 0.217 e. The van der Waals surface area contributed by atoms with Gasteiger partial charge in [0.2, 0.25) is 5.82 Å². The summed E-state index contributed by atoms with van der Waals surface area (Å²) in [5.41, 5.74) is 3.05. The standard InChI is InChI=1S/C21H17ClN4O2S/c1-11-4-6-15(22)17(8-11)27-9-14-5-7-16(28-14)19-24-20-18-12(2)13(3)29-21(18)23-10-26(20)25-19/h4-8,10H,9H2,1-3H3. The van der Waals surface area contributed by atoms with Gasteiger partial charge in [0.25, 0.3) is 0 Å². The number of nitrogens with zero attached hydrogens (tertiary/aromatic N) is 4. The first-order valence-electron chi connectivity index (χ1n) is 9.08. The van der Waals surface area contributed by atoms with Crippen molar-refractivity contribution in [2.45, 2.75) is 27.4 Å². The van der Waals surface area contributed by atoms with Crippen LogP contribution < -0.4 is 4.74 Å². The lowest BCUT2D eigenvalue weighted by molar-refractivity contribution is 0.272. The molecule has 5 rings (SSSR count). The second-order valence-corrected chi connectivity index (χ2v) is 8.51. The SMILES string of the molecule is Cc1ccc(Cl)c(OCc2ccc(-c3nc4c5c(C)c(C)sc5ncn4n3)o2)c1. The van der Waals surface area contributed by atoms with E-state index in [1.54, 1.807) is 22.2 Å². The van der Waals surface area contributed by atoms with Gasteiger partial charge in [0.1, 0.15) is 29.3 Å². The van der Waals surface area contributed by atoms with Gasteiger partial charge in [-0.15, -0.1) is 16.4 Å². The molecule has 4 heterocycles. The minimum atomic E-state index is 0.269. The fourth-order valence-corrected chi connectivity index (χ4v) is 4.36. The molecule has 5 aromatic rings. The topological polar surface area (TPSA) is 65.5 Å². The highest BCUT2D eigenvalue weighted by Crippen LogP contribution is 2.32. The van der Waals surface area contributed by atoms with Gasteiger partial charge in [-0.3, -0.25) is 0 Å². The predicted molar refractivity (Wildman–Crippen MR) is 114 cm³/mol. The molecule has 0 saturated heterocycles. The lowest BCUT2D eigenvalue weighted by atomic mass is 10.2. The summed E-state index contributed by atoms with van der Waals surface area (Å²) in [6.07, 6.45) is 1.69. The molecule has 0 bridgehead atoms. The Morgan fingerprint density at radius 1 is 1.17 bits per heavy atom. The third-order valence-electron chi connectivity index (χ3n) is 4.84. The zero-order valence-corrected chi connectivity index (χ0v) is 17.6. The summed E-state index contributed by atoms with van der Waals surface area (Å²) >= 11 is 7.85. The van der Waals surface area contributed by atoms with Gasteiger partial charge in [0.05, 0.1) is 10.4 Å². The number of hydrogen-bond donors (Lipinski definition) is 0. The Morgan fingerprint density at radius 3 is 2.90 bits per heavy atom. The number of aromatic nitrogens is 4. The highest BCUT2D eigenvalue weighted by molar-refractivity contribution is 7.18. The van der Waals surface area contributed by atoms with Crippen molar-refractivity contribution in [2.24, 2.45) is 0 Å². The van der Waals surface area contributed by atoms with Crippen molar-refractivity contribution in [1.82, 2.24) is 19.6 Å². The molecule has 1 aromatic carbocycles. The van der Waals surface area contributed by atoms with Gasteiger partial charge >= 0.3 is 0 Å². The molecule has 0 radical (unpaired) electrons. The third kappa shape index (κ3) is 3.16. The Balaban J connectivity index is 1.45. The summed E-state index contributed by atoms with van der Waals surface area (Å²) < 4.78 is 13.4.